The van der Waals surface area contributed by atoms with Crippen molar-refractivity contribution in [2.75, 3.05) is 18.6 Å². The molecule has 3 heteroatoms. The standard InChI is InChI=1S/C9H20N2S/c1-9(10)11-7-5-3-4-6-8-12-2/h3-8H2,1-2H3,(H2,10,11). The molecule has 0 heterocycles. The van der Waals surface area contributed by atoms with Crippen LogP contribution in [-0.2, 0) is 0 Å². The van der Waals surface area contributed by atoms with E-state index in [0.29, 0.717) is 5.84 Å². The Kier molecular flexibility index (Phi) is 8.78. The number of hydrogen-bond acceptors (Lipinski definition) is 2. The summed E-state index contributed by atoms with van der Waals surface area (Å²) in [6, 6.07) is 0. The highest BCUT2D eigenvalue weighted by molar-refractivity contribution is 7.98. The average Bonchev–Trinajstić information content (AvgIpc) is 2.02. The number of aliphatic imine (C=N–C) groups is 1. The largest absolute Gasteiger partial charge is 0.388 e. The number of hydrogen-bond donors (Lipinski definition) is 1. The number of thioether (sulfide) groups is 1. The first-order valence-corrected chi connectivity index (χ1v) is 5.92. The summed E-state index contributed by atoms with van der Waals surface area (Å²) in [5, 5.41) is 0. The first-order valence-electron chi connectivity index (χ1n) is 4.53. The van der Waals surface area contributed by atoms with Crippen molar-refractivity contribution < 1.29 is 0 Å². The minimum Gasteiger partial charge on any atom is -0.388 e. The summed E-state index contributed by atoms with van der Waals surface area (Å²) in [6.07, 6.45) is 7.30. The van der Waals surface area contributed by atoms with E-state index in [2.05, 4.69) is 11.2 Å². The Hall–Kier alpha value is -0.180. The summed E-state index contributed by atoms with van der Waals surface area (Å²) >= 11 is 1.92. The van der Waals surface area contributed by atoms with E-state index < -0.39 is 0 Å². The van der Waals surface area contributed by atoms with E-state index in [9.17, 15) is 0 Å². The van der Waals surface area contributed by atoms with Gasteiger partial charge in [-0.2, -0.15) is 11.8 Å². The van der Waals surface area contributed by atoms with Gasteiger partial charge in [-0.15, -0.1) is 0 Å². The van der Waals surface area contributed by atoms with Gasteiger partial charge in [0.25, 0.3) is 0 Å². The minimum absolute atomic E-state index is 0.708. The zero-order chi connectivity index (χ0) is 9.23. The van der Waals surface area contributed by atoms with Crippen molar-refractivity contribution in [2.24, 2.45) is 10.7 Å². The Morgan fingerprint density at radius 1 is 1.25 bits per heavy atom. The highest BCUT2D eigenvalue weighted by Gasteiger charge is 1.88. The zero-order valence-electron chi connectivity index (χ0n) is 8.18. The van der Waals surface area contributed by atoms with Gasteiger partial charge < -0.3 is 5.73 Å². The van der Waals surface area contributed by atoms with Crippen LogP contribution in [0.2, 0.25) is 0 Å². The molecule has 0 aromatic rings. The third kappa shape index (κ3) is 9.82. The fourth-order valence-corrected chi connectivity index (χ4v) is 1.46. The van der Waals surface area contributed by atoms with Gasteiger partial charge >= 0.3 is 0 Å². The molecule has 0 saturated carbocycles. The lowest BCUT2D eigenvalue weighted by atomic mass is 10.2. The minimum atomic E-state index is 0.708. The van der Waals surface area contributed by atoms with Gasteiger partial charge in [0.05, 0.1) is 5.84 Å². The Morgan fingerprint density at radius 3 is 2.50 bits per heavy atom. The van der Waals surface area contributed by atoms with E-state index >= 15 is 0 Å². The zero-order valence-corrected chi connectivity index (χ0v) is 8.99. The molecule has 0 unspecified atom stereocenters. The molecule has 0 amide bonds. The van der Waals surface area contributed by atoms with Crippen molar-refractivity contribution in [2.45, 2.75) is 32.6 Å². The Balaban J connectivity index is 2.96. The van der Waals surface area contributed by atoms with E-state index in [0.717, 1.165) is 6.54 Å². The van der Waals surface area contributed by atoms with Crippen LogP contribution in [-0.4, -0.2) is 24.4 Å². The van der Waals surface area contributed by atoms with Crippen LogP contribution < -0.4 is 5.73 Å². The maximum Gasteiger partial charge on any atom is 0.0905 e. The van der Waals surface area contributed by atoms with Crippen LogP contribution >= 0.6 is 11.8 Å². The smallest absolute Gasteiger partial charge is 0.0905 e. The van der Waals surface area contributed by atoms with Crippen molar-refractivity contribution >= 4 is 17.6 Å². The molecule has 0 spiro atoms. The maximum absolute atomic E-state index is 5.40. The number of nitrogens with two attached hydrogens (primary N) is 1. The van der Waals surface area contributed by atoms with Gasteiger partial charge in [-0.1, -0.05) is 12.8 Å². The Bertz CT molecular complexity index is 120. The molecule has 0 aliphatic rings. The van der Waals surface area contributed by atoms with Crippen LogP contribution in [0.15, 0.2) is 4.99 Å². The molecule has 0 atom stereocenters. The van der Waals surface area contributed by atoms with E-state index in [4.69, 9.17) is 5.73 Å². The number of amidine groups is 1. The molecule has 0 aliphatic heterocycles. The van der Waals surface area contributed by atoms with Crippen LogP contribution in [0.25, 0.3) is 0 Å². The fraction of sp³-hybridized carbons (Fsp3) is 0.889. The third-order valence-electron chi connectivity index (χ3n) is 1.62. The molecular formula is C9H20N2S. The topological polar surface area (TPSA) is 38.4 Å². The van der Waals surface area contributed by atoms with Gasteiger partial charge in [0, 0.05) is 6.54 Å². The lowest BCUT2D eigenvalue weighted by Crippen LogP contribution is -2.05. The van der Waals surface area contributed by atoms with Gasteiger partial charge in [-0.05, 0) is 31.8 Å². The molecule has 0 aromatic heterocycles. The second-order valence-electron chi connectivity index (χ2n) is 2.93. The lowest BCUT2D eigenvalue weighted by molar-refractivity contribution is 0.678. The summed E-state index contributed by atoms with van der Waals surface area (Å²) in [5.41, 5.74) is 5.40. The normalized spacial score (nSPS) is 12.0. The van der Waals surface area contributed by atoms with Gasteiger partial charge in [0.15, 0.2) is 0 Å². The Labute approximate surface area is 80.0 Å². The molecule has 0 aliphatic carbocycles. The van der Waals surface area contributed by atoms with Crippen molar-refractivity contribution in [3.05, 3.63) is 0 Å². The highest BCUT2D eigenvalue weighted by atomic mass is 32.2. The van der Waals surface area contributed by atoms with Crippen LogP contribution in [0.5, 0.6) is 0 Å². The van der Waals surface area contributed by atoms with Crippen LogP contribution in [0.3, 0.4) is 0 Å². The number of nitrogens with zero attached hydrogens (tertiary/aromatic N) is 1. The molecule has 0 radical (unpaired) electrons. The predicted octanol–water partition coefficient (Wildman–Crippen LogP) is 2.29. The van der Waals surface area contributed by atoms with Crippen molar-refractivity contribution in [3.8, 4) is 0 Å². The first-order chi connectivity index (χ1) is 5.77. The van der Waals surface area contributed by atoms with Crippen LogP contribution in [0.4, 0.5) is 0 Å². The average molecular weight is 188 g/mol. The van der Waals surface area contributed by atoms with Gasteiger partial charge in [0.2, 0.25) is 0 Å². The number of unbranched alkanes of at least 4 members (excludes halogenated alkanes) is 3. The van der Waals surface area contributed by atoms with E-state index in [1.807, 2.05) is 18.7 Å². The summed E-state index contributed by atoms with van der Waals surface area (Å²) in [4.78, 5) is 4.13. The van der Waals surface area contributed by atoms with Crippen molar-refractivity contribution in [1.82, 2.24) is 0 Å². The second kappa shape index (κ2) is 8.91. The summed E-state index contributed by atoms with van der Waals surface area (Å²) in [6.45, 7) is 2.75. The third-order valence-corrected chi connectivity index (χ3v) is 2.31. The maximum atomic E-state index is 5.40. The van der Waals surface area contributed by atoms with Gasteiger partial charge in [0.1, 0.15) is 0 Å². The van der Waals surface area contributed by atoms with Gasteiger partial charge in [-0.25, -0.2) is 0 Å². The molecule has 0 aromatic carbocycles. The molecule has 0 bridgehead atoms. The second-order valence-corrected chi connectivity index (χ2v) is 3.92. The van der Waals surface area contributed by atoms with E-state index in [-0.39, 0.29) is 0 Å². The van der Waals surface area contributed by atoms with Crippen LogP contribution in [0.1, 0.15) is 32.6 Å². The lowest BCUT2D eigenvalue weighted by Gasteiger charge is -1.97. The summed E-state index contributed by atoms with van der Waals surface area (Å²) in [7, 11) is 0. The highest BCUT2D eigenvalue weighted by Crippen LogP contribution is 2.04. The first kappa shape index (κ1) is 11.8. The summed E-state index contributed by atoms with van der Waals surface area (Å²) < 4.78 is 0. The van der Waals surface area contributed by atoms with Gasteiger partial charge in [-0.3, -0.25) is 4.99 Å². The van der Waals surface area contributed by atoms with Crippen LogP contribution in [0, 0.1) is 0 Å². The molecule has 0 saturated heterocycles. The Morgan fingerprint density at radius 2 is 1.92 bits per heavy atom. The van der Waals surface area contributed by atoms with E-state index in [1.165, 1.54) is 31.4 Å². The summed E-state index contributed by atoms with van der Waals surface area (Å²) in [5.74, 6) is 2.00. The molecular weight excluding hydrogens is 168 g/mol. The SMILES string of the molecule is CSCCCCCCN=C(C)N. The molecule has 0 fully saturated rings. The quantitative estimate of drug-likeness (QED) is 0.378. The number of rotatable bonds is 7. The monoisotopic (exact) mass is 188 g/mol. The molecule has 0 rings (SSSR count). The van der Waals surface area contributed by atoms with Crippen molar-refractivity contribution in [1.29, 1.82) is 0 Å². The molecule has 2 N–H and O–H groups in total. The fourth-order valence-electron chi connectivity index (χ4n) is 0.967. The molecule has 72 valence electrons. The van der Waals surface area contributed by atoms with Crippen molar-refractivity contribution in [3.63, 3.8) is 0 Å². The predicted molar refractivity (Wildman–Crippen MR) is 59.0 cm³/mol. The molecule has 2 nitrogen and oxygen atoms in total. The van der Waals surface area contributed by atoms with E-state index in [1.54, 1.807) is 0 Å². The molecule has 12 heavy (non-hydrogen) atoms.